The van der Waals surface area contributed by atoms with Crippen LogP contribution in [0.2, 0.25) is 0 Å². The third kappa shape index (κ3) is 3.31. The Morgan fingerprint density at radius 2 is 1.62 bits per heavy atom. The molecule has 2 aromatic carbocycles. The average molecular weight is 317 g/mol. The third-order valence-corrected chi connectivity index (χ3v) is 4.54. The fourth-order valence-corrected chi connectivity index (χ4v) is 3.20. The Balaban J connectivity index is 1.41. The van der Waals surface area contributed by atoms with Crippen molar-refractivity contribution in [1.29, 1.82) is 0 Å². The molecule has 3 aromatic rings. The van der Waals surface area contributed by atoms with E-state index in [1.165, 1.54) is 16.0 Å². The van der Waals surface area contributed by atoms with Crippen LogP contribution >= 0.6 is 0 Å². The van der Waals surface area contributed by atoms with Gasteiger partial charge >= 0.3 is 0 Å². The summed E-state index contributed by atoms with van der Waals surface area (Å²) in [5.41, 5.74) is 3.88. The van der Waals surface area contributed by atoms with Gasteiger partial charge in [-0.1, -0.05) is 60.7 Å². The highest BCUT2D eigenvalue weighted by Gasteiger charge is 2.18. The van der Waals surface area contributed by atoms with Crippen molar-refractivity contribution < 1.29 is 9.32 Å². The zero-order chi connectivity index (χ0) is 16.2. The van der Waals surface area contributed by atoms with Crippen molar-refractivity contribution in [3.8, 4) is 11.3 Å². The van der Waals surface area contributed by atoms with Crippen LogP contribution < -0.4 is 4.90 Å². The van der Waals surface area contributed by atoms with Crippen molar-refractivity contribution in [2.75, 3.05) is 13.1 Å². The van der Waals surface area contributed by atoms with Gasteiger partial charge in [0.05, 0.1) is 19.3 Å². The smallest absolute Gasteiger partial charge is 0.250 e. The van der Waals surface area contributed by atoms with E-state index in [-0.39, 0.29) is 0 Å². The molecular formula is C21H21N2O+. The molecule has 1 N–H and O–H groups in total. The Morgan fingerprint density at radius 3 is 2.29 bits per heavy atom. The average Bonchev–Trinajstić information content (AvgIpc) is 3.12. The molecular weight excluding hydrogens is 296 g/mol. The highest BCUT2D eigenvalue weighted by molar-refractivity contribution is 5.65. The summed E-state index contributed by atoms with van der Waals surface area (Å²) in [6, 6.07) is 20.8. The first kappa shape index (κ1) is 14.9. The SMILES string of the molecule is C1=C(c2ccccc2)CC[NH+](Cc2ncc(-c3ccccc3)o2)C1. The van der Waals surface area contributed by atoms with Gasteiger partial charge in [-0.2, -0.15) is 0 Å². The Bertz CT molecular complexity index is 821. The second-order valence-electron chi connectivity index (χ2n) is 6.21. The van der Waals surface area contributed by atoms with Gasteiger partial charge in [0, 0.05) is 12.0 Å². The number of aromatic nitrogens is 1. The van der Waals surface area contributed by atoms with Gasteiger partial charge in [0.1, 0.15) is 0 Å². The maximum atomic E-state index is 5.93. The minimum absolute atomic E-state index is 0.820. The van der Waals surface area contributed by atoms with Gasteiger partial charge < -0.3 is 9.32 Å². The Labute approximate surface area is 142 Å². The number of hydrogen-bond acceptors (Lipinski definition) is 2. The number of benzene rings is 2. The molecule has 0 amide bonds. The lowest BCUT2D eigenvalue weighted by Crippen LogP contribution is -3.11. The predicted octanol–water partition coefficient (Wildman–Crippen LogP) is 3.21. The molecule has 0 saturated carbocycles. The number of nitrogens with zero attached hydrogens (tertiary/aromatic N) is 1. The van der Waals surface area contributed by atoms with Crippen LogP contribution in [0.25, 0.3) is 16.9 Å². The monoisotopic (exact) mass is 317 g/mol. The van der Waals surface area contributed by atoms with E-state index in [0.29, 0.717) is 0 Å². The van der Waals surface area contributed by atoms with E-state index in [2.05, 4.69) is 41.4 Å². The summed E-state index contributed by atoms with van der Waals surface area (Å²) in [6.07, 6.45) is 5.29. The maximum absolute atomic E-state index is 5.93. The van der Waals surface area contributed by atoms with E-state index >= 15 is 0 Å². The van der Waals surface area contributed by atoms with Gasteiger partial charge in [0.25, 0.3) is 5.89 Å². The summed E-state index contributed by atoms with van der Waals surface area (Å²) in [5, 5.41) is 0. The molecule has 0 bridgehead atoms. The first-order valence-electron chi connectivity index (χ1n) is 8.46. The van der Waals surface area contributed by atoms with Gasteiger partial charge in [0.2, 0.25) is 0 Å². The van der Waals surface area contributed by atoms with Crippen molar-refractivity contribution in [2.45, 2.75) is 13.0 Å². The van der Waals surface area contributed by atoms with Crippen LogP contribution in [0.15, 0.2) is 77.4 Å². The van der Waals surface area contributed by atoms with Crippen LogP contribution in [0.3, 0.4) is 0 Å². The molecule has 1 unspecified atom stereocenters. The molecule has 1 atom stereocenters. The quantitative estimate of drug-likeness (QED) is 0.801. The van der Waals surface area contributed by atoms with E-state index in [4.69, 9.17) is 4.42 Å². The number of rotatable bonds is 4. The normalized spacial score (nSPS) is 17.5. The second kappa shape index (κ2) is 6.85. The summed E-state index contributed by atoms with van der Waals surface area (Å²) in [4.78, 5) is 5.95. The first-order chi connectivity index (χ1) is 11.9. The van der Waals surface area contributed by atoms with E-state index in [0.717, 1.165) is 43.3 Å². The zero-order valence-corrected chi connectivity index (χ0v) is 13.6. The minimum Gasteiger partial charge on any atom is -0.435 e. The van der Waals surface area contributed by atoms with E-state index < -0.39 is 0 Å². The zero-order valence-electron chi connectivity index (χ0n) is 13.6. The molecule has 4 rings (SSSR count). The van der Waals surface area contributed by atoms with Gasteiger partial charge in [-0.25, -0.2) is 4.98 Å². The molecule has 3 nitrogen and oxygen atoms in total. The van der Waals surface area contributed by atoms with Crippen LogP contribution in [0.4, 0.5) is 0 Å². The second-order valence-corrected chi connectivity index (χ2v) is 6.21. The van der Waals surface area contributed by atoms with Crippen molar-refractivity contribution in [3.05, 3.63) is 84.4 Å². The molecule has 0 spiro atoms. The summed E-state index contributed by atoms with van der Waals surface area (Å²) in [5.74, 6) is 1.67. The number of nitrogens with one attached hydrogen (secondary N) is 1. The minimum atomic E-state index is 0.820. The van der Waals surface area contributed by atoms with Crippen molar-refractivity contribution >= 4 is 5.57 Å². The highest BCUT2D eigenvalue weighted by Crippen LogP contribution is 2.20. The topological polar surface area (TPSA) is 30.5 Å². The molecule has 0 saturated heterocycles. The first-order valence-corrected chi connectivity index (χ1v) is 8.46. The van der Waals surface area contributed by atoms with Gasteiger partial charge in [-0.05, 0) is 17.2 Å². The Morgan fingerprint density at radius 1 is 0.917 bits per heavy atom. The molecule has 2 heterocycles. The molecule has 0 radical (unpaired) electrons. The number of oxazole rings is 1. The summed E-state index contributed by atoms with van der Waals surface area (Å²) in [7, 11) is 0. The fourth-order valence-electron chi connectivity index (χ4n) is 3.20. The van der Waals surface area contributed by atoms with Crippen LogP contribution in [-0.4, -0.2) is 18.1 Å². The van der Waals surface area contributed by atoms with E-state index in [1.807, 2.05) is 36.5 Å². The maximum Gasteiger partial charge on any atom is 0.250 e. The van der Waals surface area contributed by atoms with Crippen LogP contribution in [0, 0.1) is 0 Å². The van der Waals surface area contributed by atoms with Crippen LogP contribution in [0.1, 0.15) is 17.9 Å². The lowest BCUT2D eigenvalue weighted by Gasteiger charge is -2.22. The summed E-state index contributed by atoms with van der Waals surface area (Å²) < 4.78 is 5.93. The Hall–Kier alpha value is -2.65. The highest BCUT2D eigenvalue weighted by atomic mass is 16.4. The molecule has 1 aromatic heterocycles. The fraction of sp³-hybridized carbons (Fsp3) is 0.190. The lowest BCUT2D eigenvalue weighted by atomic mass is 10.00. The Kier molecular flexibility index (Phi) is 4.26. The third-order valence-electron chi connectivity index (χ3n) is 4.54. The van der Waals surface area contributed by atoms with Gasteiger partial charge in [-0.15, -0.1) is 0 Å². The standard InChI is InChI=1S/C21H20N2O/c1-3-7-17(8-4-1)18-11-13-23(14-12-18)16-21-22-15-20(24-21)19-9-5-2-6-10-19/h1-11,15H,12-14,16H2/p+1. The molecule has 120 valence electrons. The molecule has 0 fully saturated rings. The van der Waals surface area contributed by atoms with E-state index in [1.54, 1.807) is 0 Å². The van der Waals surface area contributed by atoms with Crippen molar-refractivity contribution in [1.82, 2.24) is 4.98 Å². The molecule has 1 aliphatic rings. The molecule has 0 aliphatic carbocycles. The van der Waals surface area contributed by atoms with Crippen molar-refractivity contribution in [2.24, 2.45) is 0 Å². The largest absolute Gasteiger partial charge is 0.435 e. The molecule has 3 heteroatoms. The van der Waals surface area contributed by atoms with Gasteiger partial charge in [-0.3, -0.25) is 0 Å². The number of quaternary nitrogens is 1. The number of hydrogen-bond donors (Lipinski definition) is 1. The lowest BCUT2D eigenvalue weighted by molar-refractivity contribution is -0.910. The summed E-state index contributed by atoms with van der Waals surface area (Å²) >= 11 is 0. The van der Waals surface area contributed by atoms with Gasteiger partial charge in [0.15, 0.2) is 12.3 Å². The molecule has 24 heavy (non-hydrogen) atoms. The summed E-state index contributed by atoms with van der Waals surface area (Å²) in [6.45, 7) is 2.97. The van der Waals surface area contributed by atoms with Crippen LogP contribution in [-0.2, 0) is 6.54 Å². The van der Waals surface area contributed by atoms with Crippen LogP contribution in [0.5, 0.6) is 0 Å². The molecule has 1 aliphatic heterocycles. The van der Waals surface area contributed by atoms with E-state index in [9.17, 15) is 0 Å². The predicted molar refractivity (Wildman–Crippen MR) is 95.4 cm³/mol. The van der Waals surface area contributed by atoms with Crippen molar-refractivity contribution in [3.63, 3.8) is 0 Å².